The summed E-state index contributed by atoms with van der Waals surface area (Å²) in [6.45, 7) is 1.70. The van der Waals surface area contributed by atoms with E-state index in [0.717, 1.165) is 10.2 Å². The van der Waals surface area contributed by atoms with E-state index in [1.165, 1.54) is 45.5 Å². The van der Waals surface area contributed by atoms with Gasteiger partial charge in [-0.1, -0.05) is 18.2 Å². The Kier molecular flexibility index (Phi) is 7.49. The lowest BCUT2D eigenvalue weighted by atomic mass is 10.0. The molecule has 0 amide bonds. The smallest absolute Gasteiger partial charge is 0.333 e. The molecule has 0 aliphatic rings. The number of hydrogen-bond donors (Lipinski definition) is 1. The monoisotopic (exact) mass is 492 g/mol. The number of nitrogens with one attached hydrogen (secondary N) is 1. The quantitative estimate of drug-likeness (QED) is 0.182. The lowest BCUT2D eigenvalue weighted by molar-refractivity contribution is -0.384. The Bertz CT molecular complexity index is 1290. The zero-order valence-electron chi connectivity index (χ0n) is 18.8. The minimum atomic E-state index is -4.03. The van der Waals surface area contributed by atoms with Gasteiger partial charge in [-0.2, -0.15) is 0 Å². The first-order valence-corrected chi connectivity index (χ1v) is 11.5. The van der Waals surface area contributed by atoms with Crippen molar-refractivity contribution in [3.05, 3.63) is 58.9 Å². The molecule has 12 nitrogen and oxygen atoms in total. The summed E-state index contributed by atoms with van der Waals surface area (Å²) in [7, 11) is -1.36. The van der Waals surface area contributed by atoms with Crippen LogP contribution in [0.2, 0.25) is 0 Å². The van der Waals surface area contributed by atoms with Crippen LogP contribution in [0, 0.1) is 10.1 Å². The van der Waals surface area contributed by atoms with Gasteiger partial charge >= 0.3 is 11.7 Å². The van der Waals surface area contributed by atoms with Gasteiger partial charge in [-0.3, -0.25) is 10.1 Å². The van der Waals surface area contributed by atoms with Gasteiger partial charge in [-0.25, -0.2) is 22.2 Å². The van der Waals surface area contributed by atoms with Crippen molar-refractivity contribution in [1.29, 1.82) is 0 Å². The highest BCUT2D eigenvalue weighted by atomic mass is 32.2. The number of benzene rings is 1. The number of ether oxygens (including phenoxy) is 3. The molecule has 34 heavy (non-hydrogen) atoms. The molecule has 2 heterocycles. The fourth-order valence-corrected chi connectivity index (χ4v) is 4.61. The average Bonchev–Trinajstić information content (AvgIpc) is 3.27. The molecule has 13 heteroatoms. The number of carbonyl (C=O) groups excluding carboxylic acids is 1. The van der Waals surface area contributed by atoms with Crippen LogP contribution in [-0.4, -0.2) is 67.8 Å². The van der Waals surface area contributed by atoms with Crippen LogP contribution in [0.4, 0.5) is 11.4 Å². The number of pyridine rings is 1. The van der Waals surface area contributed by atoms with Gasteiger partial charge < -0.3 is 19.5 Å². The Balaban J connectivity index is 2.13. The van der Waals surface area contributed by atoms with E-state index in [0.29, 0.717) is 0 Å². The normalized spacial score (nSPS) is 13.4. The van der Waals surface area contributed by atoms with Crippen LogP contribution in [0.15, 0.2) is 53.7 Å². The van der Waals surface area contributed by atoms with Crippen LogP contribution in [0.3, 0.4) is 0 Å². The van der Waals surface area contributed by atoms with Crippen molar-refractivity contribution in [2.24, 2.45) is 0 Å². The maximum absolute atomic E-state index is 13.1. The number of fused-ring (bicyclic) bond motifs is 1. The van der Waals surface area contributed by atoms with Gasteiger partial charge in [-0.15, -0.1) is 0 Å². The van der Waals surface area contributed by atoms with Crippen LogP contribution in [-0.2, 0) is 29.0 Å². The fourth-order valence-electron chi connectivity index (χ4n) is 3.29. The summed E-state index contributed by atoms with van der Waals surface area (Å²) < 4.78 is 42.5. The molecule has 3 aromatic rings. The molecule has 1 unspecified atom stereocenters. The molecule has 0 saturated heterocycles. The minimum Gasteiger partial charge on any atom is -0.467 e. The number of hydrogen-bond acceptors (Lipinski definition) is 10. The van der Waals surface area contributed by atoms with Crippen LogP contribution >= 0.6 is 0 Å². The zero-order valence-corrected chi connectivity index (χ0v) is 19.6. The van der Waals surface area contributed by atoms with E-state index in [1.807, 2.05) is 0 Å². The van der Waals surface area contributed by atoms with Gasteiger partial charge in [0.2, 0.25) is 0 Å². The number of carbonyl (C=O) groups is 1. The van der Waals surface area contributed by atoms with Crippen molar-refractivity contribution in [3.63, 3.8) is 0 Å². The van der Waals surface area contributed by atoms with Crippen molar-refractivity contribution in [2.45, 2.75) is 17.4 Å². The number of methoxy groups -OCH3 is 2. The van der Waals surface area contributed by atoms with Crippen LogP contribution in [0.25, 0.3) is 11.0 Å². The molecule has 182 valence electrons. The highest BCUT2D eigenvalue weighted by Gasteiger charge is 2.38. The lowest BCUT2D eigenvalue weighted by Crippen LogP contribution is -2.48. The maximum atomic E-state index is 13.1. The van der Waals surface area contributed by atoms with Crippen LogP contribution in [0.1, 0.15) is 6.92 Å². The molecule has 0 fully saturated rings. The second kappa shape index (κ2) is 10.2. The first-order chi connectivity index (χ1) is 16.2. The third-order valence-corrected chi connectivity index (χ3v) is 6.70. The number of aromatic nitrogens is 2. The Morgan fingerprint density at radius 1 is 1.21 bits per heavy atom. The van der Waals surface area contributed by atoms with E-state index in [2.05, 4.69) is 10.3 Å². The summed E-state index contributed by atoms with van der Waals surface area (Å²) >= 11 is 0. The van der Waals surface area contributed by atoms with E-state index < -0.39 is 32.1 Å². The summed E-state index contributed by atoms with van der Waals surface area (Å²) in [6.07, 6.45) is 2.19. The molecule has 1 N–H and O–H groups in total. The van der Waals surface area contributed by atoms with Crippen LogP contribution in [0.5, 0.6) is 0 Å². The number of rotatable bonds is 11. The summed E-state index contributed by atoms with van der Waals surface area (Å²) in [5.41, 5.74) is -2.14. The van der Waals surface area contributed by atoms with E-state index in [9.17, 15) is 23.3 Å². The molecular formula is C21H24N4O8S. The summed E-state index contributed by atoms with van der Waals surface area (Å²) in [5.74, 6) is -0.736. The Labute approximate surface area is 195 Å². The molecular weight excluding hydrogens is 468 g/mol. The number of anilines is 1. The van der Waals surface area contributed by atoms with E-state index in [4.69, 9.17) is 14.2 Å². The largest absolute Gasteiger partial charge is 0.467 e. The number of nitrogens with zero attached hydrogens (tertiary/aromatic N) is 3. The van der Waals surface area contributed by atoms with Crippen molar-refractivity contribution in [2.75, 3.05) is 39.4 Å². The molecule has 2 aromatic heterocycles. The number of esters is 1. The minimum absolute atomic E-state index is 0.0214. The third-order valence-electron chi connectivity index (χ3n) is 5.02. The van der Waals surface area contributed by atoms with E-state index >= 15 is 0 Å². The maximum Gasteiger partial charge on any atom is 0.333 e. The molecule has 1 aromatic carbocycles. The fraction of sp³-hybridized carbons (Fsp3) is 0.333. The molecule has 1 atom stereocenters. The van der Waals surface area contributed by atoms with Gasteiger partial charge in [0.05, 0.1) is 42.1 Å². The molecule has 0 radical (unpaired) electrons. The Morgan fingerprint density at radius 2 is 1.91 bits per heavy atom. The van der Waals surface area contributed by atoms with Crippen molar-refractivity contribution >= 4 is 38.4 Å². The Hall–Kier alpha value is -3.55. The third kappa shape index (κ3) is 4.85. The standard InChI is InChI=1S/C21H24N4O8S/c1-21(20(26)32-3,14-33-12-11-31-2)23-18-16-9-10-24(19(16)22-13-17(18)25(27)28)34(29,30)15-7-5-4-6-8-15/h4-10,13H,11-12,14H2,1-3H3,(H,22,23). The van der Waals surface area contributed by atoms with E-state index in [-0.39, 0.29) is 41.4 Å². The second-order valence-electron chi connectivity index (χ2n) is 7.44. The SMILES string of the molecule is COCCOCC(C)(Nc1c([N+](=O)[O-])cnc2c1ccn2S(=O)(=O)c1ccccc1)C(=O)OC. The topological polar surface area (TPSA) is 152 Å². The van der Waals surface area contributed by atoms with Crippen molar-refractivity contribution in [3.8, 4) is 0 Å². The average molecular weight is 493 g/mol. The Morgan fingerprint density at radius 3 is 2.53 bits per heavy atom. The highest BCUT2D eigenvalue weighted by molar-refractivity contribution is 7.90. The van der Waals surface area contributed by atoms with Gasteiger partial charge in [0.15, 0.2) is 11.2 Å². The predicted molar refractivity (Wildman–Crippen MR) is 122 cm³/mol. The molecule has 0 spiro atoms. The van der Waals surface area contributed by atoms with Crippen molar-refractivity contribution in [1.82, 2.24) is 8.96 Å². The number of nitro groups is 1. The summed E-state index contributed by atoms with van der Waals surface area (Å²) in [4.78, 5) is 27.7. The molecule has 0 saturated carbocycles. The molecule has 0 aliphatic carbocycles. The van der Waals surface area contributed by atoms with Crippen LogP contribution < -0.4 is 5.32 Å². The first kappa shape index (κ1) is 25.1. The van der Waals surface area contributed by atoms with E-state index in [1.54, 1.807) is 18.2 Å². The molecule has 3 rings (SSSR count). The second-order valence-corrected chi connectivity index (χ2v) is 9.25. The highest BCUT2D eigenvalue weighted by Crippen LogP contribution is 2.35. The van der Waals surface area contributed by atoms with Gasteiger partial charge in [0.25, 0.3) is 10.0 Å². The van der Waals surface area contributed by atoms with Gasteiger partial charge in [0, 0.05) is 13.3 Å². The van der Waals surface area contributed by atoms with Crippen molar-refractivity contribution < 1.29 is 32.3 Å². The zero-order chi connectivity index (χ0) is 24.9. The lowest BCUT2D eigenvalue weighted by Gasteiger charge is -2.28. The summed E-state index contributed by atoms with van der Waals surface area (Å²) in [5, 5.41) is 14.7. The molecule has 0 bridgehead atoms. The van der Waals surface area contributed by atoms with Gasteiger partial charge in [-0.05, 0) is 25.1 Å². The first-order valence-electron chi connectivity index (χ1n) is 10.0. The van der Waals surface area contributed by atoms with Gasteiger partial charge in [0.1, 0.15) is 11.9 Å². The molecule has 0 aliphatic heterocycles. The predicted octanol–water partition coefficient (Wildman–Crippen LogP) is 2.19. The summed E-state index contributed by atoms with van der Waals surface area (Å²) in [6, 6.07) is 9.07.